The first-order valence-electron chi connectivity index (χ1n) is 18.4. The molecule has 0 spiro atoms. The van der Waals surface area contributed by atoms with Crippen LogP contribution in [0.3, 0.4) is 0 Å². The van der Waals surface area contributed by atoms with Crippen molar-refractivity contribution in [3.63, 3.8) is 0 Å². The maximum absolute atomic E-state index is 11.8. The minimum absolute atomic E-state index is 0. The van der Waals surface area contributed by atoms with Crippen molar-refractivity contribution in [1.29, 1.82) is 0 Å². The molecular weight excluding hydrogens is 819 g/mol. The van der Waals surface area contributed by atoms with Crippen molar-refractivity contribution < 1.29 is 50.1 Å². The second-order valence-corrected chi connectivity index (χ2v) is 12.8. The number of carboxylic acid groups (broad SMARTS) is 1. The number of amides is 2. The number of rotatable bonds is 13. The Bertz CT molecular complexity index is 1520. The Morgan fingerprint density at radius 2 is 1.30 bits per heavy atom. The number of alkyl halides is 2. The van der Waals surface area contributed by atoms with E-state index < -0.39 is 36.8 Å². The summed E-state index contributed by atoms with van der Waals surface area (Å²) >= 11 is 9.53. The highest BCUT2D eigenvalue weighted by molar-refractivity contribution is 6.40. The molecule has 0 aliphatic carbocycles. The number of piperidine rings is 1. The maximum atomic E-state index is 11.8. The van der Waals surface area contributed by atoms with Gasteiger partial charge in [-0.1, -0.05) is 79.6 Å². The van der Waals surface area contributed by atoms with Crippen LogP contribution in [0.2, 0.25) is 0 Å². The fourth-order valence-corrected chi connectivity index (χ4v) is 4.35. The van der Waals surface area contributed by atoms with E-state index in [1.165, 1.54) is 24.9 Å². The lowest BCUT2D eigenvalue weighted by Gasteiger charge is -2.29. The summed E-state index contributed by atoms with van der Waals surface area (Å²) in [6, 6.07) is 6.32. The molecule has 1 aliphatic heterocycles. The van der Waals surface area contributed by atoms with Crippen molar-refractivity contribution in [2.75, 3.05) is 51.3 Å². The zero-order valence-corrected chi connectivity index (χ0v) is 34.3. The second kappa shape index (κ2) is 43.2. The van der Waals surface area contributed by atoms with Crippen LogP contribution in [0.5, 0.6) is 0 Å². The van der Waals surface area contributed by atoms with Gasteiger partial charge in [0.1, 0.15) is 11.4 Å². The van der Waals surface area contributed by atoms with Gasteiger partial charge < -0.3 is 57.4 Å². The van der Waals surface area contributed by atoms with Gasteiger partial charge in [0, 0.05) is 56.0 Å². The number of hydrogen-bond acceptors (Lipinski definition) is 13. The Kier molecular flexibility index (Phi) is 46.9. The van der Waals surface area contributed by atoms with Crippen molar-refractivity contribution in [2.24, 2.45) is 11.7 Å². The Hall–Kier alpha value is -3.91. The third-order valence-electron chi connectivity index (χ3n) is 7.23. The van der Waals surface area contributed by atoms with Crippen LogP contribution in [0, 0.1) is 29.6 Å². The first-order valence-corrected chi connectivity index (χ1v) is 19.5. The summed E-state index contributed by atoms with van der Waals surface area (Å²) in [4.78, 5) is 41.6. The molecule has 1 fully saturated rings. The Labute approximate surface area is 367 Å². The summed E-state index contributed by atoms with van der Waals surface area (Å²) in [5, 5.41) is 69.0. The van der Waals surface area contributed by atoms with E-state index >= 15 is 0 Å². The number of halogens is 2. The second-order valence-electron chi connectivity index (χ2n) is 12.0. The number of nitrogens with two attached hydrogens (primary N) is 1. The van der Waals surface area contributed by atoms with E-state index in [2.05, 4.69) is 56.5 Å². The van der Waals surface area contributed by atoms with Crippen LogP contribution in [0.25, 0.3) is 0 Å². The normalized spacial score (nSPS) is 14.5. The third kappa shape index (κ3) is 33.9. The lowest BCUT2D eigenvalue weighted by Crippen LogP contribution is -2.50. The Morgan fingerprint density at radius 1 is 0.833 bits per heavy atom. The number of carboxylic acids is 1. The predicted octanol–water partition coefficient (Wildman–Crippen LogP) is 2.72. The van der Waals surface area contributed by atoms with Crippen LogP contribution in [0.15, 0.2) is 36.7 Å². The molecule has 2 amide bonds. The van der Waals surface area contributed by atoms with Gasteiger partial charge in [0.15, 0.2) is 0 Å². The molecule has 344 valence electrons. The van der Waals surface area contributed by atoms with E-state index in [4.69, 9.17) is 64.7 Å². The van der Waals surface area contributed by atoms with Gasteiger partial charge in [0.2, 0.25) is 5.91 Å². The predicted molar refractivity (Wildman–Crippen MR) is 240 cm³/mol. The zero-order valence-electron chi connectivity index (χ0n) is 32.8. The number of nitrogens with one attached hydrogen (secondary N) is 3. The number of aromatic carboxylic acids is 1. The highest BCUT2D eigenvalue weighted by Gasteiger charge is 2.26. The quantitative estimate of drug-likeness (QED) is 0.102. The Morgan fingerprint density at radius 3 is 1.72 bits per heavy atom. The van der Waals surface area contributed by atoms with Crippen LogP contribution in [-0.4, -0.2) is 139 Å². The molecule has 1 saturated heterocycles. The number of hydrogen-bond donors (Lipinski definition) is 11. The van der Waals surface area contributed by atoms with E-state index in [0.29, 0.717) is 11.5 Å². The fraction of sp³-hybridized carbons (Fsp3) is 0.595. The van der Waals surface area contributed by atoms with Crippen molar-refractivity contribution in [2.45, 2.75) is 106 Å². The SMILES string of the molecule is C.C.C.CCC#Cc1ccnc(C(=O)NCC(O)CO)c1.CCC#Cc1ccnc(C(=O)O)c1.CCCC1CCNC(C(=O)NCC(O)CO)C1.ClCCl.NCC(O)CO. The van der Waals surface area contributed by atoms with Crippen LogP contribution in [0.1, 0.15) is 114 Å². The van der Waals surface area contributed by atoms with Gasteiger partial charge >= 0.3 is 5.97 Å². The molecule has 5 unspecified atom stereocenters. The van der Waals surface area contributed by atoms with Gasteiger partial charge in [-0.15, -0.1) is 23.2 Å². The largest absolute Gasteiger partial charge is 0.477 e. The summed E-state index contributed by atoms with van der Waals surface area (Å²) < 4.78 is 0. The minimum Gasteiger partial charge on any atom is -0.477 e. The first kappa shape index (κ1) is 65.2. The number of carbonyl (C=O) groups is 3. The molecule has 12 N–H and O–H groups in total. The van der Waals surface area contributed by atoms with Crippen molar-refractivity contribution in [3.05, 3.63) is 59.2 Å². The van der Waals surface area contributed by atoms with Crippen LogP contribution < -0.4 is 21.7 Å². The summed E-state index contributed by atoms with van der Waals surface area (Å²) in [7, 11) is 0. The van der Waals surface area contributed by atoms with Gasteiger partial charge in [0.25, 0.3) is 5.91 Å². The highest BCUT2D eigenvalue weighted by Crippen LogP contribution is 2.21. The zero-order chi connectivity index (χ0) is 43.4. The topological polar surface area (TPSA) is 281 Å². The van der Waals surface area contributed by atoms with Crippen molar-refractivity contribution in [3.8, 4) is 23.7 Å². The molecule has 3 heterocycles. The molecule has 0 radical (unpaired) electrons. The molecule has 60 heavy (non-hydrogen) atoms. The lowest BCUT2D eigenvalue weighted by molar-refractivity contribution is -0.124. The molecule has 1 aliphatic rings. The number of pyridine rings is 2. The fourth-order valence-electron chi connectivity index (χ4n) is 4.35. The van der Waals surface area contributed by atoms with Gasteiger partial charge in [-0.3, -0.25) is 14.6 Å². The molecule has 16 nitrogen and oxygen atoms in total. The van der Waals surface area contributed by atoms with Crippen molar-refractivity contribution >= 4 is 41.0 Å². The monoisotopic (exact) mass is 890 g/mol. The summed E-state index contributed by atoms with van der Waals surface area (Å²) in [5.74, 6) is 10.6. The summed E-state index contributed by atoms with van der Waals surface area (Å²) in [5.41, 5.74) is 6.55. The van der Waals surface area contributed by atoms with Crippen molar-refractivity contribution in [1.82, 2.24) is 25.9 Å². The third-order valence-corrected chi connectivity index (χ3v) is 7.23. The number of aliphatic hydroxyl groups excluding tert-OH is 6. The number of aliphatic hydroxyl groups is 6. The molecule has 3 rings (SSSR count). The number of aromatic nitrogens is 2. The van der Waals surface area contributed by atoms with E-state index in [9.17, 15) is 14.4 Å². The van der Waals surface area contributed by atoms with Gasteiger partial charge in [0.05, 0.1) is 49.5 Å². The molecule has 18 heteroatoms. The number of nitrogens with zero attached hydrogens (tertiary/aromatic N) is 2. The Balaban J connectivity index is -0.000000225. The molecule has 2 aromatic rings. The van der Waals surface area contributed by atoms with Crippen LogP contribution in [-0.2, 0) is 4.79 Å². The standard InChI is InChI=1S/C13H16N2O3.C12H24N2O3.C10H9NO2.C3H9NO2.CH2Cl2.3CH4/c1-2-3-4-10-5-6-14-12(7-10)13(18)15-8-11(17)9-16;1-2-3-9-4-5-13-11(6-9)12(17)14-7-10(16)8-15;1-2-3-4-8-5-6-11-9(7-8)10(12)13;4-1-3(6)2-5;2-1-3;;;/h5-7,11,16-17H,2,8-9H2,1H3,(H,15,18);9-11,13,15-16H,2-8H2,1H3,(H,14,17);5-7H,2H2,1H3,(H,12,13);3,5-6H,1-2,4H2;1H2;3*1H4. The first-order chi connectivity index (χ1) is 27.3. The molecule has 0 bridgehead atoms. The molecule has 0 aromatic carbocycles. The van der Waals surface area contributed by atoms with Crippen LogP contribution >= 0.6 is 23.2 Å². The van der Waals surface area contributed by atoms with Crippen LogP contribution in [0.4, 0.5) is 0 Å². The molecule has 2 aromatic heterocycles. The van der Waals surface area contributed by atoms with Gasteiger partial charge in [-0.25, -0.2) is 9.78 Å². The van der Waals surface area contributed by atoms with Gasteiger partial charge in [-0.2, -0.15) is 0 Å². The lowest BCUT2D eigenvalue weighted by atomic mass is 9.88. The molecule has 0 saturated carbocycles. The van der Waals surface area contributed by atoms with E-state index in [0.717, 1.165) is 44.2 Å². The molecule has 5 atom stereocenters. The summed E-state index contributed by atoms with van der Waals surface area (Å²) in [6.07, 6.45) is 6.23. The number of carbonyl (C=O) groups excluding carboxylic acids is 2. The minimum atomic E-state index is -1.03. The van der Waals surface area contributed by atoms with E-state index in [-0.39, 0.29) is 83.8 Å². The average molecular weight is 892 g/mol. The maximum Gasteiger partial charge on any atom is 0.354 e. The average Bonchev–Trinajstić information content (AvgIpc) is 3.23. The van der Waals surface area contributed by atoms with E-state index in [1.807, 2.05) is 13.8 Å². The summed E-state index contributed by atoms with van der Waals surface area (Å²) in [6.45, 7) is 6.21. The van der Waals surface area contributed by atoms with E-state index in [1.54, 1.807) is 18.2 Å². The highest BCUT2D eigenvalue weighted by atomic mass is 35.5. The molecular formula is C42H72Cl2N6O10. The van der Waals surface area contributed by atoms with Gasteiger partial charge in [-0.05, 0) is 49.6 Å². The smallest absolute Gasteiger partial charge is 0.354 e.